The van der Waals surface area contributed by atoms with Gasteiger partial charge in [-0.05, 0) is 38.1 Å². The van der Waals surface area contributed by atoms with Crippen LogP contribution in [0.15, 0.2) is 46.2 Å². The van der Waals surface area contributed by atoms with E-state index in [9.17, 15) is 4.79 Å². The second-order valence-electron chi connectivity index (χ2n) is 5.56. The number of hydrogen-bond acceptors (Lipinski definition) is 6. The lowest BCUT2D eigenvalue weighted by Gasteiger charge is -2.09. The van der Waals surface area contributed by atoms with Gasteiger partial charge in [0.1, 0.15) is 11.5 Å². The average Bonchev–Trinajstić information content (AvgIpc) is 3.25. The molecule has 0 aliphatic carbocycles. The van der Waals surface area contributed by atoms with E-state index in [1.165, 1.54) is 11.8 Å². The van der Waals surface area contributed by atoms with Crippen molar-refractivity contribution < 1.29 is 14.1 Å². The topological polar surface area (TPSA) is 82.2 Å². The summed E-state index contributed by atoms with van der Waals surface area (Å²) >= 11 is 1.39. The lowest BCUT2D eigenvalue weighted by Crippen LogP contribution is -2.14. The maximum Gasteiger partial charge on any atom is 0.236 e. The number of nitrogens with zero attached hydrogens (tertiary/aromatic N) is 3. The van der Waals surface area contributed by atoms with Gasteiger partial charge in [-0.25, -0.2) is 4.98 Å². The first kappa shape index (κ1) is 18.1. The molecule has 0 aliphatic heterocycles. The number of carbonyl (C=O) groups excluding carboxylic acids is 1. The molecule has 1 aromatic carbocycles. The minimum atomic E-state index is -0.153. The molecule has 0 aliphatic rings. The van der Waals surface area contributed by atoms with Crippen molar-refractivity contribution in [3.63, 3.8) is 0 Å². The zero-order chi connectivity index (χ0) is 18.5. The van der Waals surface area contributed by atoms with Crippen molar-refractivity contribution in [2.24, 2.45) is 0 Å². The Labute approximate surface area is 155 Å². The minimum Gasteiger partial charge on any atom is -0.497 e. The van der Waals surface area contributed by atoms with Gasteiger partial charge in [-0.3, -0.25) is 4.79 Å². The summed E-state index contributed by atoms with van der Waals surface area (Å²) in [6.07, 6.45) is 1.83. The number of methoxy groups -OCH3 is 1. The number of aromatic nitrogens is 3. The number of anilines is 1. The molecule has 2 heterocycles. The van der Waals surface area contributed by atoms with E-state index in [2.05, 4.69) is 26.9 Å². The number of thioether (sulfide) groups is 1. The third-order valence-corrected chi connectivity index (χ3v) is 4.74. The quantitative estimate of drug-likeness (QED) is 0.638. The van der Waals surface area contributed by atoms with Gasteiger partial charge in [0, 0.05) is 18.2 Å². The molecule has 1 amide bonds. The van der Waals surface area contributed by atoms with Crippen molar-refractivity contribution in [3.8, 4) is 17.0 Å². The predicted octanol–water partition coefficient (Wildman–Crippen LogP) is 3.61. The summed E-state index contributed by atoms with van der Waals surface area (Å²) in [4.78, 5) is 16.5. The summed E-state index contributed by atoms with van der Waals surface area (Å²) in [6.45, 7) is 4.58. The SMILES string of the molecule is CCn1c(-c2ccc(OC)cc2)cnc1SCC(=O)Nc1cc(C)on1. The van der Waals surface area contributed by atoms with Crippen molar-refractivity contribution in [1.82, 2.24) is 14.7 Å². The Bertz CT molecular complexity index is 886. The highest BCUT2D eigenvalue weighted by Crippen LogP contribution is 2.27. The monoisotopic (exact) mass is 372 g/mol. The number of aryl methyl sites for hydroxylation is 1. The molecule has 0 saturated heterocycles. The Kier molecular flexibility index (Phi) is 5.62. The number of hydrogen-bond donors (Lipinski definition) is 1. The van der Waals surface area contributed by atoms with Crippen LogP contribution in [0.3, 0.4) is 0 Å². The number of rotatable bonds is 7. The van der Waals surface area contributed by atoms with Gasteiger partial charge in [-0.1, -0.05) is 16.9 Å². The van der Waals surface area contributed by atoms with Crippen molar-refractivity contribution in [1.29, 1.82) is 0 Å². The minimum absolute atomic E-state index is 0.153. The molecular weight excluding hydrogens is 352 g/mol. The highest BCUT2D eigenvalue weighted by molar-refractivity contribution is 7.99. The molecule has 0 fully saturated rings. The van der Waals surface area contributed by atoms with Crippen LogP contribution in [0.2, 0.25) is 0 Å². The lowest BCUT2D eigenvalue weighted by atomic mass is 10.1. The van der Waals surface area contributed by atoms with Gasteiger partial charge in [0.15, 0.2) is 11.0 Å². The third-order valence-electron chi connectivity index (χ3n) is 3.75. The molecule has 0 bridgehead atoms. The fraction of sp³-hybridized carbons (Fsp3) is 0.278. The molecular formula is C18H20N4O3S. The van der Waals surface area contributed by atoms with E-state index in [-0.39, 0.29) is 11.7 Å². The molecule has 1 N–H and O–H groups in total. The van der Waals surface area contributed by atoms with Crippen LogP contribution in [0, 0.1) is 6.92 Å². The van der Waals surface area contributed by atoms with Crippen molar-refractivity contribution >= 4 is 23.5 Å². The van der Waals surface area contributed by atoms with Crippen LogP contribution in [0.5, 0.6) is 5.75 Å². The number of ether oxygens (including phenoxy) is 1. The molecule has 136 valence electrons. The smallest absolute Gasteiger partial charge is 0.236 e. The standard InChI is InChI=1S/C18H20N4O3S/c1-4-22-15(13-5-7-14(24-3)8-6-13)10-19-18(22)26-11-17(23)20-16-9-12(2)25-21-16/h5-10H,4,11H2,1-3H3,(H,20,21,23). The molecule has 0 unspecified atom stereocenters. The summed E-state index contributed by atoms with van der Waals surface area (Å²) in [5.41, 5.74) is 2.06. The zero-order valence-electron chi connectivity index (χ0n) is 14.9. The third kappa shape index (κ3) is 4.08. The van der Waals surface area contributed by atoms with Crippen LogP contribution in [0.4, 0.5) is 5.82 Å². The van der Waals surface area contributed by atoms with Crippen LogP contribution in [-0.2, 0) is 11.3 Å². The van der Waals surface area contributed by atoms with Crippen LogP contribution in [0.25, 0.3) is 11.3 Å². The molecule has 3 rings (SSSR count). The molecule has 8 heteroatoms. The maximum atomic E-state index is 12.1. The van der Waals surface area contributed by atoms with Gasteiger partial charge in [-0.15, -0.1) is 0 Å². The summed E-state index contributed by atoms with van der Waals surface area (Å²) in [5, 5.41) is 7.26. The van der Waals surface area contributed by atoms with Gasteiger partial charge in [0.2, 0.25) is 5.91 Å². The van der Waals surface area contributed by atoms with Crippen molar-refractivity contribution in [3.05, 3.63) is 42.3 Å². The van der Waals surface area contributed by atoms with Crippen molar-refractivity contribution in [2.45, 2.75) is 25.5 Å². The predicted molar refractivity (Wildman–Crippen MR) is 100 cm³/mol. The van der Waals surface area contributed by atoms with E-state index < -0.39 is 0 Å². The zero-order valence-corrected chi connectivity index (χ0v) is 15.7. The van der Waals surface area contributed by atoms with Gasteiger partial charge >= 0.3 is 0 Å². The van der Waals surface area contributed by atoms with Crippen LogP contribution < -0.4 is 10.1 Å². The number of imidazole rings is 1. The Morgan fingerprint density at radius 2 is 2.12 bits per heavy atom. The first-order valence-electron chi connectivity index (χ1n) is 8.16. The summed E-state index contributed by atoms with van der Waals surface area (Å²) in [6, 6.07) is 9.51. The fourth-order valence-electron chi connectivity index (χ4n) is 2.51. The van der Waals surface area contributed by atoms with Gasteiger partial charge < -0.3 is 19.1 Å². The van der Waals surface area contributed by atoms with E-state index in [4.69, 9.17) is 9.26 Å². The summed E-state index contributed by atoms with van der Waals surface area (Å²) in [5.74, 6) is 1.97. The Hall–Kier alpha value is -2.74. The highest BCUT2D eigenvalue weighted by atomic mass is 32.2. The Balaban J connectivity index is 1.68. The number of benzene rings is 1. The Morgan fingerprint density at radius 3 is 2.73 bits per heavy atom. The second kappa shape index (κ2) is 8.09. The summed E-state index contributed by atoms with van der Waals surface area (Å²) < 4.78 is 12.2. The molecule has 3 aromatic rings. The van der Waals surface area contributed by atoms with Crippen molar-refractivity contribution in [2.75, 3.05) is 18.2 Å². The Morgan fingerprint density at radius 1 is 1.35 bits per heavy atom. The number of amides is 1. The second-order valence-corrected chi connectivity index (χ2v) is 6.50. The first-order valence-corrected chi connectivity index (χ1v) is 9.15. The molecule has 0 spiro atoms. The van der Waals surface area contributed by atoms with Crippen LogP contribution in [-0.4, -0.2) is 33.5 Å². The lowest BCUT2D eigenvalue weighted by molar-refractivity contribution is -0.113. The van der Waals surface area contributed by atoms with E-state index >= 15 is 0 Å². The maximum absolute atomic E-state index is 12.1. The van der Waals surface area contributed by atoms with E-state index in [0.717, 1.165) is 28.7 Å². The van der Waals surface area contributed by atoms with Crippen LogP contribution >= 0.6 is 11.8 Å². The van der Waals surface area contributed by atoms with Crippen LogP contribution in [0.1, 0.15) is 12.7 Å². The van der Waals surface area contributed by atoms with Gasteiger partial charge in [-0.2, -0.15) is 0 Å². The number of nitrogens with one attached hydrogen (secondary N) is 1. The molecule has 2 aromatic heterocycles. The fourth-order valence-corrected chi connectivity index (χ4v) is 3.35. The molecule has 0 saturated carbocycles. The van der Waals surface area contributed by atoms with Gasteiger partial charge in [0.25, 0.3) is 0 Å². The normalized spacial score (nSPS) is 10.7. The van der Waals surface area contributed by atoms with E-state index in [0.29, 0.717) is 11.6 Å². The molecule has 0 radical (unpaired) electrons. The highest BCUT2D eigenvalue weighted by Gasteiger charge is 2.13. The average molecular weight is 372 g/mol. The first-order chi connectivity index (χ1) is 12.6. The van der Waals surface area contributed by atoms with E-state index in [1.807, 2.05) is 30.5 Å². The molecule has 0 atom stereocenters. The van der Waals surface area contributed by atoms with E-state index in [1.54, 1.807) is 20.1 Å². The number of carbonyl (C=O) groups is 1. The van der Waals surface area contributed by atoms with Gasteiger partial charge in [0.05, 0.1) is 24.8 Å². The molecule has 7 nitrogen and oxygen atoms in total. The summed E-state index contributed by atoms with van der Waals surface area (Å²) in [7, 11) is 1.64. The largest absolute Gasteiger partial charge is 0.497 e. The molecule has 26 heavy (non-hydrogen) atoms.